The lowest BCUT2D eigenvalue weighted by Crippen LogP contribution is -1.91. The predicted molar refractivity (Wildman–Crippen MR) is 67.8 cm³/mol. The number of hydrogen-bond donors (Lipinski definition) is 0. The largest absolute Gasteiger partial charge is 0.264 e. The Balaban J connectivity index is 2.35. The Morgan fingerprint density at radius 1 is 0.882 bits per heavy atom. The fourth-order valence-electron chi connectivity index (χ4n) is 1.79. The van der Waals surface area contributed by atoms with Gasteiger partial charge in [-0.25, -0.2) is 0 Å². The fraction of sp³-hybridized carbons (Fsp3) is 0. The molecule has 0 aliphatic rings. The summed E-state index contributed by atoms with van der Waals surface area (Å²) in [5.74, 6) is 0. The van der Waals surface area contributed by atoms with Crippen LogP contribution in [0.5, 0.6) is 0 Å². The monoisotopic (exact) mass is 241 g/mol. The van der Waals surface area contributed by atoms with E-state index in [1.54, 1.807) is 12.4 Å². The summed E-state index contributed by atoms with van der Waals surface area (Å²) < 4.78 is 0. The van der Waals surface area contributed by atoms with Crippen molar-refractivity contribution in [2.45, 2.75) is 0 Å². The summed E-state index contributed by atoms with van der Waals surface area (Å²) in [7, 11) is 0. The standard InChI is InChI=1S/C13H8ClN3/c14-13-11-6-2-1-5-10(11)12(16-17-13)9-4-3-7-15-8-9/h1-8H. The van der Waals surface area contributed by atoms with E-state index in [0.29, 0.717) is 5.15 Å². The summed E-state index contributed by atoms with van der Waals surface area (Å²) in [5, 5.41) is 10.4. The van der Waals surface area contributed by atoms with Crippen LogP contribution in [0.1, 0.15) is 0 Å². The maximum absolute atomic E-state index is 6.03. The molecular formula is C13H8ClN3. The molecule has 4 heteroatoms. The van der Waals surface area contributed by atoms with E-state index < -0.39 is 0 Å². The van der Waals surface area contributed by atoms with Gasteiger partial charge in [-0.1, -0.05) is 35.9 Å². The van der Waals surface area contributed by atoms with Gasteiger partial charge in [0.1, 0.15) is 5.69 Å². The molecule has 0 bridgehead atoms. The number of hydrogen-bond acceptors (Lipinski definition) is 3. The summed E-state index contributed by atoms with van der Waals surface area (Å²) in [6.07, 6.45) is 3.50. The first-order valence-corrected chi connectivity index (χ1v) is 5.55. The molecule has 0 saturated carbocycles. The molecule has 0 unspecified atom stereocenters. The van der Waals surface area contributed by atoms with Crippen LogP contribution in [0.2, 0.25) is 5.15 Å². The number of pyridine rings is 1. The molecule has 0 amide bonds. The zero-order chi connectivity index (χ0) is 11.7. The normalized spacial score (nSPS) is 10.6. The Labute approximate surface area is 103 Å². The van der Waals surface area contributed by atoms with Crippen LogP contribution in [-0.4, -0.2) is 15.2 Å². The molecule has 82 valence electrons. The molecule has 0 atom stereocenters. The lowest BCUT2D eigenvalue weighted by Gasteiger charge is -2.05. The summed E-state index contributed by atoms with van der Waals surface area (Å²) in [6.45, 7) is 0. The molecule has 2 heterocycles. The molecule has 0 saturated heterocycles. The second-order valence-electron chi connectivity index (χ2n) is 3.63. The van der Waals surface area contributed by atoms with E-state index in [2.05, 4.69) is 15.2 Å². The van der Waals surface area contributed by atoms with Crippen LogP contribution in [0.4, 0.5) is 0 Å². The van der Waals surface area contributed by atoms with Crippen LogP contribution in [0.25, 0.3) is 22.0 Å². The number of rotatable bonds is 1. The van der Waals surface area contributed by atoms with Crippen LogP contribution in [-0.2, 0) is 0 Å². The molecular weight excluding hydrogens is 234 g/mol. The molecule has 0 spiro atoms. The number of nitrogens with zero attached hydrogens (tertiary/aromatic N) is 3. The Hall–Kier alpha value is -2.00. The summed E-state index contributed by atoms with van der Waals surface area (Å²) in [5.41, 5.74) is 1.74. The van der Waals surface area contributed by atoms with E-state index in [1.807, 2.05) is 36.4 Å². The molecule has 0 aliphatic carbocycles. The van der Waals surface area contributed by atoms with Gasteiger partial charge in [-0.3, -0.25) is 4.98 Å². The minimum atomic E-state index is 0.424. The smallest absolute Gasteiger partial charge is 0.159 e. The lowest BCUT2D eigenvalue weighted by molar-refractivity contribution is 1.05. The molecule has 3 nitrogen and oxygen atoms in total. The first-order chi connectivity index (χ1) is 8.36. The van der Waals surface area contributed by atoms with Crippen molar-refractivity contribution in [1.82, 2.24) is 15.2 Å². The van der Waals surface area contributed by atoms with Gasteiger partial charge in [-0.05, 0) is 12.1 Å². The van der Waals surface area contributed by atoms with Crippen molar-refractivity contribution < 1.29 is 0 Å². The number of fused-ring (bicyclic) bond motifs is 1. The highest BCUT2D eigenvalue weighted by atomic mass is 35.5. The second-order valence-corrected chi connectivity index (χ2v) is 3.98. The molecule has 17 heavy (non-hydrogen) atoms. The molecule has 1 aromatic carbocycles. The molecule has 0 radical (unpaired) electrons. The SMILES string of the molecule is Clc1nnc(-c2cccnc2)c2ccccc12. The van der Waals surface area contributed by atoms with Crippen LogP contribution in [0, 0.1) is 0 Å². The van der Waals surface area contributed by atoms with E-state index in [-0.39, 0.29) is 0 Å². The molecule has 0 aliphatic heterocycles. The van der Waals surface area contributed by atoms with Gasteiger partial charge in [0.15, 0.2) is 5.15 Å². The molecule has 3 rings (SSSR count). The summed E-state index contributed by atoms with van der Waals surface area (Å²) >= 11 is 6.03. The van der Waals surface area contributed by atoms with Crippen molar-refractivity contribution in [3.63, 3.8) is 0 Å². The van der Waals surface area contributed by atoms with Gasteiger partial charge in [0.05, 0.1) is 0 Å². The van der Waals surface area contributed by atoms with Gasteiger partial charge in [-0.15, -0.1) is 10.2 Å². The van der Waals surface area contributed by atoms with Crippen molar-refractivity contribution in [3.8, 4) is 11.3 Å². The van der Waals surface area contributed by atoms with Gasteiger partial charge in [0, 0.05) is 28.7 Å². The van der Waals surface area contributed by atoms with Gasteiger partial charge in [-0.2, -0.15) is 0 Å². The number of aromatic nitrogens is 3. The summed E-state index contributed by atoms with van der Waals surface area (Å²) in [4.78, 5) is 4.09. The predicted octanol–water partition coefficient (Wildman–Crippen LogP) is 3.35. The van der Waals surface area contributed by atoms with Crippen LogP contribution < -0.4 is 0 Å². The maximum atomic E-state index is 6.03. The molecule has 0 N–H and O–H groups in total. The van der Waals surface area contributed by atoms with Gasteiger partial charge < -0.3 is 0 Å². The van der Waals surface area contributed by atoms with E-state index in [9.17, 15) is 0 Å². The lowest BCUT2D eigenvalue weighted by atomic mass is 10.1. The Kier molecular flexibility index (Phi) is 2.46. The molecule has 2 aromatic heterocycles. The molecule has 3 aromatic rings. The summed E-state index contributed by atoms with van der Waals surface area (Å²) in [6, 6.07) is 11.6. The zero-order valence-electron chi connectivity index (χ0n) is 8.84. The van der Waals surface area contributed by atoms with Crippen molar-refractivity contribution in [1.29, 1.82) is 0 Å². The van der Waals surface area contributed by atoms with Gasteiger partial charge >= 0.3 is 0 Å². The zero-order valence-corrected chi connectivity index (χ0v) is 9.59. The number of benzene rings is 1. The van der Waals surface area contributed by atoms with E-state index >= 15 is 0 Å². The third-order valence-electron chi connectivity index (χ3n) is 2.58. The topological polar surface area (TPSA) is 38.7 Å². The average molecular weight is 242 g/mol. The minimum Gasteiger partial charge on any atom is -0.264 e. The van der Waals surface area contributed by atoms with Crippen LogP contribution in [0.15, 0.2) is 48.8 Å². The van der Waals surface area contributed by atoms with E-state index in [1.165, 1.54) is 0 Å². The van der Waals surface area contributed by atoms with Crippen LogP contribution >= 0.6 is 11.6 Å². The first-order valence-electron chi connectivity index (χ1n) is 5.17. The van der Waals surface area contributed by atoms with Gasteiger partial charge in [0.2, 0.25) is 0 Å². The van der Waals surface area contributed by atoms with E-state index in [0.717, 1.165) is 22.0 Å². The Bertz CT molecular complexity index is 668. The first kappa shape index (κ1) is 10.2. The van der Waals surface area contributed by atoms with Crippen molar-refractivity contribution >= 4 is 22.4 Å². The second kappa shape index (κ2) is 4.11. The quantitative estimate of drug-likeness (QED) is 0.656. The highest BCUT2D eigenvalue weighted by molar-refractivity contribution is 6.34. The Morgan fingerprint density at radius 2 is 1.71 bits per heavy atom. The average Bonchev–Trinajstić information content (AvgIpc) is 2.41. The van der Waals surface area contributed by atoms with Gasteiger partial charge in [0.25, 0.3) is 0 Å². The van der Waals surface area contributed by atoms with Crippen molar-refractivity contribution in [2.24, 2.45) is 0 Å². The molecule has 0 fully saturated rings. The highest BCUT2D eigenvalue weighted by Crippen LogP contribution is 2.28. The van der Waals surface area contributed by atoms with Crippen molar-refractivity contribution in [3.05, 3.63) is 53.9 Å². The Morgan fingerprint density at radius 3 is 2.47 bits per heavy atom. The van der Waals surface area contributed by atoms with Crippen molar-refractivity contribution in [2.75, 3.05) is 0 Å². The third-order valence-corrected chi connectivity index (χ3v) is 2.86. The maximum Gasteiger partial charge on any atom is 0.159 e. The fourth-order valence-corrected chi connectivity index (χ4v) is 1.99. The van der Waals surface area contributed by atoms with Crippen LogP contribution in [0.3, 0.4) is 0 Å². The third kappa shape index (κ3) is 1.74. The highest BCUT2D eigenvalue weighted by Gasteiger charge is 2.08. The number of halogens is 1. The van der Waals surface area contributed by atoms with E-state index in [4.69, 9.17) is 11.6 Å². The minimum absolute atomic E-state index is 0.424.